The van der Waals surface area contributed by atoms with Gasteiger partial charge in [-0.15, -0.1) is 10.2 Å². The molecule has 2 rings (SSSR count). The molecular formula is C13H11FN4OS2. The number of hydrogen-bond donors (Lipinski definition) is 0. The Morgan fingerprint density at radius 3 is 2.81 bits per heavy atom. The highest BCUT2D eigenvalue weighted by Crippen LogP contribution is 2.22. The molecule has 8 heteroatoms. The number of amides is 1. The molecule has 0 radical (unpaired) electrons. The zero-order chi connectivity index (χ0) is 15.1. The van der Waals surface area contributed by atoms with Gasteiger partial charge in [0, 0.05) is 12.2 Å². The second kappa shape index (κ2) is 7.71. The zero-order valence-electron chi connectivity index (χ0n) is 10.9. The van der Waals surface area contributed by atoms with E-state index in [4.69, 9.17) is 5.26 Å². The largest absolute Gasteiger partial charge is 0.311 e. The summed E-state index contributed by atoms with van der Waals surface area (Å²) < 4.78 is 13.7. The molecule has 108 valence electrons. The molecule has 0 aliphatic heterocycles. The number of benzene rings is 1. The highest BCUT2D eigenvalue weighted by molar-refractivity contribution is 8.01. The predicted molar refractivity (Wildman–Crippen MR) is 79.6 cm³/mol. The molecule has 0 N–H and O–H groups in total. The van der Waals surface area contributed by atoms with Gasteiger partial charge in [0.25, 0.3) is 0 Å². The fourth-order valence-corrected chi connectivity index (χ4v) is 2.97. The van der Waals surface area contributed by atoms with Crippen LogP contribution in [0.2, 0.25) is 0 Å². The molecule has 1 heterocycles. The standard InChI is InChI=1S/C13H11FN4OS2/c14-10-2-4-11(5-3-10)18(7-1-6-15)12(19)8-20-13-17-16-9-21-13/h2-5,9H,1,7-8H2. The van der Waals surface area contributed by atoms with Gasteiger partial charge in [-0.2, -0.15) is 5.26 Å². The summed E-state index contributed by atoms with van der Waals surface area (Å²) in [7, 11) is 0. The lowest BCUT2D eigenvalue weighted by Crippen LogP contribution is -2.33. The fourth-order valence-electron chi connectivity index (χ4n) is 1.61. The Kier molecular flexibility index (Phi) is 5.66. The van der Waals surface area contributed by atoms with E-state index in [0.717, 1.165) is 0 Å². The highest BCUT2D eigenvalue weighted by Gasteiger charge is 2.16. The third kappa shape index (κ3) is 4.51. The summed E-state index contributed by atoms with van der Waals surface area (Å²) in [5.74, 6) is -0.329. The molecule has 0 saturated heterocycles. The molecular weight excluding hydrogens is 311 g/mol. The van der Waals surface area contributed by atoms with Crippen LogP contribution in [0.3, 0.4) is 0 Å². The maximum absolute atomic E-state index is 13.0. The second-order valence-corrected chi connectivity index (χ2v) is 5.98. The third-order valence-electron chi connectivity index (χ3n) is 2.55. The van der Waals surface area contributed by atoms with Crippen LogP contribution in [-0.4, -0.2) is 28.4 Å². The lowest BCUT2D eigenvalue weighted by molar-refractivity contribution is -0.116. The molecule has 0 aliphatic carbocycles. The molecule has 21 heavy (non-hydrogen) atoms. The van der Waals surface area contributed by atoms with E-state index in [2.05, 4.69) is 10.2 Å². The Bertz CT molecular complexity index is 625. The zero-order valence-corrected chi connectivity index (χ0v) is 12.5. The summed E-state index contributed by atoms with van der Waals surface area (Å²) in [4.78, 5) is 13.8. The Labute approximate surface area is 129 Å². The van der Waals surface area contributed by atoms with Gasteiger partial charge in [-0.25, -0.2) is 4.39 Å². The summed E-state index contributed by atoms with van der Waals surface area (Å²) in [5, 5.41) is 16.3. The molecule has 5 nitrogen and oxygen atoms in total. The van der Waals surface area contributed by atoms with Gasteiger partial charge in [-0.05, 0) is 24.3 Å². The van der Waals surface area contributed by atoms with Crippen molar-refractivity contribution in [1.29, 1.82) is 5.26 Å². The predicted octanol–water partition coefficient (Wildman–Crippen LogP) is 2.72. The van der Waals surface area contributed by atoms with E-state index in [0.29, 0.717) is 10.0 Å². The molecule has 0 atom stereocenters. The van der Waals surface area contributed by atoms with Crippen LogP contribution in [-0.2, 0) is 4.79 Å². The van der Waals surface area contributed by atoms with Gasteiger partial charge in [0.15, 0.2) is 4.34 Å². The van der Waals surface area contributed by atoms with Crippen LogP contribution in [0.4, 0.5) is 10.1 Å². The minimum Gasteiger partial charge on any atom is -0.311 e. The number of halogens is 1. The summed E-state index contributed by atoms with van der Waals surface area (Å²) in [6.45, 7) is 0.275. The number of rotatable bonds is 6. The molecule has 0 aliphatic rings. The first-order valence-corrected chi connectivity index (χ1v) is 7.89. The van der Waals surface area contributed by atoms with Crippen LogP contribution in [0.1, 0.15) is 6.42 Å². The number of carbonyl (C=O) groups excluding carboxylic acids is 1. The van der Waals surface area contributed by atoms with E-state index < -0.39 is 0 Å². The number of carbonyl (C=O) groups is 1. The van der Waals surface area contributed by atoms with Crippen LogP contribution >= 0.6 is 23.1 Å². The average molecular weight is 322 g/mol. The van der Waals surface area contributed by atoms with Gasteiger partial charge in [0.2, 0.25) is 5.91 Å². The van der Waals surface area contributed by atoms with E-state index in [1.165, 1.54) is 52.3 Å². The molecule has 1 amide bonds. The van der Waals surface area contributed by atoms with Crippen molar-refractivity contribution in [3.05, 3.63) is 35.6 Å². The first-order chi connectivity index (χ1) is 10.2. The molecule has 0 fully saturated rings. The van der Waals surface area contributed by atoms with Crippen molar-refractivity contribution in [2.24, 2.45) is 0 Å². The topological polar surface area (TPSA) is 69.9 Å². The van der Waals surface area contributed by atoms with Gasteiger partial charge < -0.3 is 4.90 Å². The van der Waals surface area contributed by atoms with Gasteiger partial charge in [0.1, 0.15) is 11.3 Å². The number of aromatic nitrogens is 2. The number of nitrogens with zero attached hydrogens (tertiary/aromatic N) is 4. The van der Waals surface area contributed by atoms with Gasteiger partial charge >= 0.3 is 0 Å². The number of anilines is 1. The maximum atomic E-state index is 13.0. The lowest BCUT2D eigenvalue weighted by atomic mass is 10.2. The minimum atomic E-state index is -0.366. The monoisotopic (exact) mass is 322 g/mol. The van der Waals surface area contributed by atoms with Crippen LogP contribution < -0.4 is 4.90 Å². The van der Waals surface area contributed by atoms with Crippen molar-refractivity contribution in [2.75, 3.05) is 17.2 Å². The van der Waals surface area contributed by atoms with Crippen molar-refractivity contribution >= 4 is 34.7 Å². The highest BCUT2D eigenvalue weighted by atomic mass is 32.2. The number of thioether (sulfide) groups is 1. The smallest absolute Gasteiger partial charge is 0.237 e. The summed E-state index contributed by atoms with van der Waals surface area (Å²) in [5.41, 5.74) is 2.18. The van der Waals surface area contributed by atoms with Crippen LogP contribution in [0, 0.1) is 17.1 Å². The van der Waals surface area contributed by atoms with Crippen molar-refractivity contribution < 1.29 is 9.18 Å². The van der Waals surface area contributed by atoms with Gasteiger partial charge in [0.05, 0.1) is 18.2 Å². The quantitative estimate of drug-likeness (QED) is 0.765. The van der Waals surface area contributed by atoms with Crippen LogP contribution in [0.25, 0.3) is 0 Å². The first kappa shape index (κ1) is 15.4. The van der Waals surface area contributed by atoms with Crippen molar-refractivity contribution in [3.8, 4) is 6.07 Å². The maximum Gasteiger partial charge on any atom is 0.237 e. The average Bonchev–Trinajstić information content (AvgIpc) is 3.00. The van der Waals surface area contributed by atoms with Crippen LogP contribution in [0.15, 0.2) is 34.1 Å². The summed E-state index contributed by atoms with van der Waals surface area (Å²) in [6.07, 6.45) is 0.215. The number of nitriles is 1. The van der Waals surface area contributed by atoms with E-state index in [9.17, 15) is 9.18 Å². The summed E-state index contributed by atoms with van der Waals surface area (Å²) in [6, 6.07) is 7.65. The lowest BCUT2D eigenvalue weighted by Gasteiger charge is -2.21. The minimum absolute atomic E-state index is 0.156. The molecule has 0 saturated carbocycles. The first-order valence-electron chi connectivity index (χ1n) is 6.02. The molecule has 0 unspecified atom stereocenters. The van der Waals surface area contributed by atoms with Gasteiger partial charge in [-0.3, -0.25) is 4.79 Å². The van der Waals surface area contributed by atoms with Crippen LogP contribution in [0.5, 0.6) is 0 Å². The Morgan fingerprint density at radius 1 is 1.43 bits per heavy atom. The fraction of sp³-hybridized carbons (Fsp3) is 0.231. The van der Waals surface area contributed by atoms with E-state index in [-0.39, 0.29) is 30.4 Å². The van der Waals surface area contributed by atoms with E-state index in [1.54, 1.807) is 5.51 Å². The molecule has 0 spiro atoms. The van der Waals surface area contributed by atoms with Gasteiger partial charge in [-0.1, -0.05) is 23.1 Å². The van der Waals surface area contributed by atoms with Crippen molar-refractivity contribution in [2.45, 2.75) is 10.8 Å². The molecule has 2 aromatic rings. The Balaban J connectivity index is 2.05. The van der Waals surface area contributed by atoms with Crippen molar-refractivity contribution in [1.82, 2.24) is 10.2 Å². The van der Waals surface area contributed by atoms with E-state index >= 15 is 0 Å². The Hall–Kier alpha value is -1.98. The van der Waals surface area contributed by atoms with Crippen molar-refractivity contribution in [3.63, 3.8) is 0 Å². The SMILES string of the molecule is N#CCCN(C(=O)CSc1nncs1)c1ccc(F)cc1. The second-order valence-electron chi connectivity index (χ2n) is 3.92. The molecule has 1 aromatic carbocycles. The molecule has 0 bridgehead atoms. The van der Waals surface area contributed by atoms with E-state index in [1.807, 2.05) is 6.07 Å². The molecule has 1 aromatic heterocycles. The Morgan fingerprint density at radius 2 is 2.19 bits per heavy atom. The third-order valence-corrected chi connectivity index (χ3v) is 4.39. The summed E-state index contributed by atoms with van der Waals surface area (Å²) >= 11 is 2.65. The normalized spacial score (nSPS) is 10.1. The number of hydrogen-bond acceptors (Lipinski definition) is 6.